The number of benzene rings is 2. The Bertz CT molecular complexity index is 769. The molecule has 124 valence electrons. The first-order valence-corrected chi connectivity index (χ1v) is 7.48. The van der Waals surface area contributed by atoms with E-state index in [1.54, 1.807) is 24.3 Å². The van der Waals surface area contributed by atoms with Crippen LogP contribution in [0.25, 0.3) is 0 Å². The fourth-order valence-electron chi connectivity index (χ4n) is 2.40. The minimum Gasteiger partial charge on any atom is -0.349 e. The maximum atomic E-state index is 12.5. The Morgan fingerprint density at radius 1 is 1.17 bits per heavy atom. The zero-order chi connectivity index (χ0) is 17.7. The number of amides is 1. The van der Waals surface area contributed by atoms with Crippen molar-refractivity contribution >= 4 is 17.4 Å². The van der Waals surface area contributed by atoms with E-state index < -0.39 is 11.0 Å². The van der Waals surface area contributed by atoms with Crippen molar-refractivity contribution in [3.05, 3.63) is 75.3 Å². The molecule has 2 aromatic carbocycles. The molecule has 0 saturated carbocycles. The molecule has 2 aromatic rings. The van der Waals surface area contributed by atoms with Crippen molar-refractivity contribution in [1.82, 2.24) is 5.32 Å². The van der Waals surface area contributed by atoms with Crippen molar-refractivity contribution in [1.29, 1.82) is 0 Å². The van der Waals surface area contributed by atoms with Crippen LogP contribution in [0.5, 0.6) is 0 Å². The normalized spacial score (nSPS) is 11.6. The van der Waals surface area contributed by atoms with Crippen LogP contribution in [0.15, 0.2) is 48.5 Å². The number of nitrogens with one attached hydrogen (secondary N) is 1. The van der Waals surface area contributed by atoms with Crippen LogP contribution in [-0.2, 0) is 4.79 Å². The standard InChI is InChI=1S/C18H18N2O4/c1-12-6-8-14(9-7-12)18(22)11-17(19-13(2)21)15-4-3-5-16(10-15)20(23)24/h3-10,17H,11H2,1-2H3,(H,19,21). The second-order valence-corrected chi connectivity index (χ2v) is 5.60. The lowest BCUT2D eigenvalue weighted by molar-refractivity contribution is -0.384. The van der Waals surface area contributed by atoms with Gasteiger partial charge < -0.3 is 5.32 Å². The summed E-state index contributed by atoms with van der Waals surface area (Å²) >= 11 is 0. The van der Waals surface area contributed by atoms with Gasteiger partial charge in [0.05, 0.1) is 11.0 Å². The predicted molar refractivity (Wildman–Crippen MR) is 89.8 cm³/mol. The first-order chi connectivity index (χ1) is 11.4. The maximum Gasteiger partial charge on any atom is 0.269 e. The summed E-state index contributed by atoms with van der Waals surface area (Å²) in [6, 6.07) is 12.5. The Morgan fingerprint density at radius 3 is 2.42 bits per heavy atom. The Balaban J connectivity index is 2.26. The van der Waals surface area contributed by atoms with E-state index in [2.05, 4.69) is 5.32 Å². The van der Waals surface area contributed by atoms with Gasteiger partial charge in [0.25, 0.3) is 5.69 Å². The van der Waals surface area contributed by atoms with Crippen LogP contribution in [0.2, 0.25) is 0 Å². The molecule has 24 heavy (non-hydrogen) atoms. The van der Waals surface area contributed by atoms with E-state index in [1.807, 2.05) is 19.1 Å². The molecule has 1 atom stereocenters. The topological polar surface area (TPSA) is 89.3 Å². The largest absolute Gasteiger partial charge is 0.349 e. The summed E-state index contributed by atoms with van der Waals surface area (Å²) in [5.74, 6) is -0.441. The van der Waals surface area contributed by atoms with Crippen LogP contribution in [0.1, 0.15) is 40.9 Å². The molecular formula is C18H18N2O4. The van der Waals surface area contributed by atoms with Crippen molar-refractivity contribution in [2.24, 2.45) is 0 Å². The molecular weight excluding hydrogens is 308 g/mol. The molecule has 0 fully saturated rings. The van der Waals surface area contributed by atoms with E-state index >= 15 is 0 Å². The van der Waals surface area contributed by atoms with E-state index in [4.69, 9.17) is 0 Å². The number of Topliss-reactive ketones (excluding diaryl/α,β-unsaturated/α-hetero) is 1. The lowest BCUT2D eigenvalue weighted by Crippen LogP contribution is -2.28. The highest BCUT2D eigenvalue weighted by molar-refractivity contribution is 5.96. The molecule has 0 radical (unpaired) electrons. The molecule has 0 aliphatic heterocycles. The van der Waals surface area contributed by atoms with Crippen LogP contribution >= 0.6 is 0 Å². The van der Waals surface area contributed by atoms with Gasteiger partial charge in [0.15, 0.2) is 5.78 Å². The van der Waals surface area contributed by atoms with Crippen LogP contribution in [0.3, 0.4) is 0 Å². The molecule has 0 spiro atoms. The van der Waals surface area contributed by atoms with Gasteiger partial charge in [0.1, 0.15) is 0 Å². The fraction of sp³-hybridized carbons (Fsp3) is 0.222. The lowest BCUT2D eigenvalue weighted by atomic mass is 9.97. The van der Waals surface area contributed by atoms with Crippen molar-refractivity contribution in [3.63, 3.8) is 0 Å². The summed E-state index contributed by atoms with van der Waals surface area (Å²) in [6.45, 7) is 3.28. The number of carbonyl (C=O) groups is 2. The van der Waals surface area contributed by atoms with E-state index in [1.165, 1.54) is 19.1 Å². The summed E-state index contributed by atoms with van der Waals surface area (Å²) in [4.78, 5) is 34.3. The number of nitrogens with zero attached hydrogens (tertiary/aromatic N) is 1. The Labute approximate surface area is 139 Å². The second-order valence-electron chi connectivity index (χ2n) is 5.60. The van der Waals surface area contributed by atoms with Gasteiger partial charge in [-0.05, 0) is 12.5 Å². The molecule has 0 saturated heterocycles. The third kappa shape index (κ3) is 4.49. The summed E-state index contributed by atoms with van der Waals surface area (Å²) < 4.78 is 0. The second kappa shape index (κ2) is 7.50. The SMILES string of the molecule is CC(=O)NC(CC(=O)c1ccc(C)cc1)c1cccc([N+](=O)[O-])c1. The molecule has 0 aromatic heterocycles. The van der Waals surface area contributed by atoms with Crippen molar-refractivity contribution in [2.45, 2.75) is 26.3 Å². The van der Waals surface area contributed by atoms with Gasteiger partial charge in [0, 0.05) is 31.0 Å². The van der Waals surface area contributed by atoms with Gasteiger partial charge in [0.2, 0.25) is 5.91 Å². The highest BCUT2D eigenvalue weighted by Crippen LogP contribution is 2.23. The molecule has 1 N–H and O–H groups in total. The van der Waals surface area contributed by atoms with Crippen molar-refractivity contribution in [3.8, 4) is 0 Å². The number of non-ortho nitro benzene ring substituents is 1. The van der Waals surface area contributed by atoms with Crippen LogP contribution < -0.4 is 5.32 Å². The fourth-order valence-corrected chi connectivity index (χ4v) is 2.40. The number of carbonyl (C=O) groups excluding carboxylic acids is 2. The van der Waals surface area contributed by atoms with Crippen molar-refractivity contribution in [2.75, 3.05) is 0 Å². The van der Waals surface area contributed by atoms with Gasteiger partial charge in [-0.15, -0.1) is 0 Å². The van der Waals surface area contributed by atoms with Gasteiger partial charge in [-0.25, -0.2) is 0 Å². The number of rotatable bonds is 6. The van der Waals surface area contributed by atoms with Gasteiger partial charge in [-0.2, -0.15) is 0 Å². The summed E-state index contributed by atoms with van der Waals surface area (Å²) in [5, 5.41) is 13.6. The minimum atomic E-state index is -0.615. The average Bonchev–Trinajstić information content (AvgIpc) is 2.54. The first kappa shape index (κ1) is 17.3. The van der Waals surface area contributed by atoms with E-state index in [9.17, 15) is 19.7 Å². The molecule has 1 amide bonds. The average molecular weight is 326 g/mol. The number of ketones is 1. The monoisotopic (exact) mass is 326 g/mol. The van der Waals surface area contributed by atoms with Crippen molar-refractivity contribution < 1.29 is 14.5 Å². The number of aryl methyl sites for hydroxylation is 1. The summed E-state index contributed by atoms with van der Waals surface area (Å²) in [5.41, 5.74) is 2.04. The van der Waals surface area contributed by atoms with E-state index in [0.29, 0.717) is 11.1 Å². The Kier molecular flexibility index (Phi) is 5.42. The maximum absolute atomic E-state index is 12.5. The molecule has 6 nitrogen and oxygen atoms in total. The molecule has 2 rings (SSSR count). The van der Waals surface area contributed by atoms with Gasteiger partial charge in [-0.3, -0.25) is 19.7 Å². The number of hydrogen-bond acceptors (Lipinski definition) is 4. The first-order valence-electron chi connectivity index (χ1n) is 7.48. The Morgan fingerprint density at radius 2 is 1.83 bits per heavy atom. The molecule has 0 aliphatic carbocycles. The smallest absolute Gasteiger partial charge is 0.269 e. The van der Waals surface area contributed by atoms with Crippen LogP contribution in [0, 0.1) is 17.0 Å². The van der Waals surface area contributed by atoms with Gasteiger partial charge >= 0.3 is 0 Å². The van der Waals surface area contributed by atoms with E-state index in [0.717, 1.165) is 5.56 Å². The number of hydrogen-bond donors (Lipinski definition) is 1. The minimum absolute atomic E-state index is 0.0316. The zero-order valence-electron chi connectivity index (χ0n) is 13.5. The lowest BCUT2D eigenvalue weighted by Gasteiger charge is -2.17. The van der Waals surface area contributed by atoms with Crippen LogP contribution in [-0.4, -0.2) is 16.6 Å². The quantitative estimate of drug-likeness (QED) is 0.501. The molecule has 1 unspecified atom stereocenters. The van der Waals surface area contributed by atoms with Crippen LogP contribution in [0.4, 0.5) is 5.69 Å². The van der Waals surface area contributed by atoms with Gasteiger partial charge in [-0.1, -0.05) is 42.0 Å². The number of nitro groups is 1. The third-order valence-corrected chi connectivity index (χ3v) is 3.62. The predicted octanol–water partition coefficient (Wildman–Crippen LogP) is 3.35. The highest BCUT2D eigenvalue weighted by atomic mass is 16.6. The summed E-state index contributed by atoms with van der Waals surface area (Å²) in [7, 11) is 0. The molecule has 6 heteroatoms. The third-order valence-electron chi connectivity index (χ3n) is 3.62. The molecule has 0 heterocycles. The molecule has 0 aliphatic rings. The number of nitro benzene ring substituents is 1. The summed E-state index contributed by atoms with van der Waals surface area (Å²) in [6.07, 6.45) is 0.0316. The Hall–Kier alpha value is -3.02. The highest BCUT2D eigenvalue weighted by Gasteiger charge is 2.20. The zero-order valence-corrected chi connectivity index (χ0v) is 13.5. The molecule has 0 bridgehead atoms. The van der Waals surface area contributed by atoms with E-state index in [-0.39, 0.29) is 23.8 Å².